The summed E-state index contributed by atoms with van der Waals surface area (Å²) in [7, 11) is 1.61. The average molecular weight is 338 g/mol. The van der Waals surface area contributed by atoms with Gasteiger partial charge in [-0.25, -0.2) is 4.79 Å². The Morgan fingerprint density at radius 3 is 2.68 bits per heavy atom. The third kappa shape index (κ3) is 4.32. The summed E-state index contributed by atoms with van der Waals surface area (Å²) in [6, 6.07) is 13.8. The fraction of sp³-hybridized carbons (Fsp3) is 0.381. The second-order valence-corrected chi connectivity index (χ2v) is 6.53. The first kappa shape index (κ1) is 17.3. The molecule has 2 aromatic rings. The molecular weight excluding hydrogens is 312 g/mol. The Morgan fingerprint density at radius 2 is 1.92 bits per heavy atom. The van der Waals surface area contributed by atoms with Crippen LogP contribution in [0.5, 0.6) is 5.75 Å². The quantitative estimate of drug-likeness (QED) is 0.819. The number of fused-ring (bicyclic) bond motifs is 1. The van der Waals surface area contributed by atoms with E-state index in [0.29, 0.717) is 0 Å². The second kappa shape index (κ2) is 8.06. The van der Waals surface area contributed by atoms with Gasteiger partial charge in [0.15, 0.2) is 0 Å². The molecule has 4 nitrogen and oxygen atoms in total. The largest absolute Gasteiger partial charge is 0.497 e. The molecular formula is C21H26N2O2. The number of carbonyl (C=O) groups is 1. The SMILES string of the molecule is CC[C@H](NC(=O)Nc1cccc(OC)c1)c1ccc2c(c1)CCCC2. The van der Waals surface area contributed by atoms with E-state index in [1.807, 2.05) is 18.2 Å². The lowest BCUT2D eigenvalue weighted by molar-refractivity contribution is 0.248. The summed E-state index contributed by atoms with van der Waals surface area (Å²) in [5, 5.41) is 5.97. The van der Waals surface area contributed by atoms with Gasteiger partial charge in [-0.1, -0.05) is 31.2 Å². The van der Waals surface area contributed by atoms with Crippen LogP contribution in [0.3, 0.4) is 0 Å². The van der Waals surface area contributed by atoms with Crippen molar-refractivity contribution in [2.24, 2.45) is 0 Å². The Balaban J connectivity index is 1.68. The molecule has 1 atom stereocenters. The molecule has 0 bridgehead atoms. The molecule has 0 aliphatic heterocycles. The Labute approximate surface area is 149 Å². The van der Waals surface area contributed by atoms with Crippen LogP contribution in [0, 0.1) is 0 Å². The Hall–Kier alpha value is -2.49. The minimum atomic E-state index is -0.196. The van der Waals surface area contributed by atoms with Gasteiger partial charge < -0.3 is 15.4 Å². The van der Waals surface area contributed by atoms with Crippen LogP contribution in [-0.2, 0) is 12.8 Å². The second-order valence-electron chi connectivity index (χ2n) is 6.53. The zero-order valence-corrected chi connectivity index (χ0v) is 15.0. The molecule has 0 aromatic heterocycles. The minimum absolute atomic E-state index is 0.0119. The number of hydrogen-bond acceptors (Lipinski definition) is 2. The van der Waals surface area contributed by atoms with E-state index in [9.17, 15) is 4.79 Å². The average Bonchev–Trinajstić information content (AvgIpc) is 2.66. The van der Waals surface area contributed by atoms with Crippen LogP contribution in [0.2, 0.25) is 0 Å². The standard InChI is InChI=1S/C21H26N2O2/c1-3-20(17-12-11-15-7-4-5-8-16(15)13-17)23-21(24)22-18-9-6-10-19(14-18)25-2/h6,9-14,20H,3-5,7-8H2,1-2H3,(H2,22,23,24)/t20-/m0/s1. The zero-order chi connectivity index (χ0) is 17.6. The van der Waals surface area contributed by atoms with Crippen molar-refractivity contribution in [3.8, 4) is 5.75 Å². The lowest BCUT2D eigenvalue weighted by Crippen LogP contribution is -2.32. The smallest absolute Gasteiger partial charge is 0.319 e. The molecule has 0 unspecified atom stereocenters. The molecule has 0 radical (unpaired) electrons. The van der Waals surface area contributed by atoms with E-state index in [0.717, 1.165) is 24.3 Å². The van der Waals surface area contributed by atoms with Gasteiger partial charge in [0, 0.05) is 11.8 Å². The maximum atomic E-state index is 12.4. The highest BCUT2D eigenvalue weighted by Gasteiger charge is 2.16. The first-order valence-electron chi connectivity index (χ1n) is 9.03. The van der Waals surface area contributed by atoms with E-state index in [4.69, 9.17) is 4.74 Å². The summed E-state index contributed by atoms with van der Waals surface area (Å²) in [5.41, 5.74) is 4.81. The molecule has 0 saturated carbocycles. The van der Waals surface area contributed by atoms with Crippen LogP contribution in [0.4, 0.5) is 10.5 Å². The number of urea groups is 1. The molecule has 1 aliphatic carbocycles. The van der Waals surface area contributed by atoms with E-state index in [-0.39, 0.29) is 12.1 Å². The van der Waals surface area contributed by atoms with Gasteiger partial charge in [-0.05, 0) is 60.9 Å². The van der Waals surface area contributed by atoms with Crippen LogP contribution < -0.4 is 15.4 Å². The highest BCUT2D eigenvalue weighted by molar-refractivity contribution is 5.89. The van der Waals surface area contributed by atoms with Crippen molar-refractivity contribution in [3.63, 3.8) is 0 Å². The highest BCUT2D eigenvalue weighted by Crippen LogP contribution is 2.26. The molecule has 2 N–H and O–H groups in total. The fourth-order valence-electron chi connectivity index (χ4n) is 3.42. The number of amides is 2. The Kier molecular flexibility index (Phi) is 5.59. The molecule has 2 amide bonds. The lowest BCUT2D eigenvalue weighted by Gasteiger charge is -2.22. The van der Waals surface area contributed by atoms with Gasteiger partial charge >= 0.3 is 6.03 Å². The molecule has 0 fully saturated rings. The van der Waals surface area contributed by atoms with Crippen molar-refractivity contribution in [2.75, 3.05) is 12.4 Å². The summed E-state index contributed by atoms with van der Waals surface area (Å²) >= 11 is 0. The van der Waals surface area contributed by atoms with Crippen molar-refractivity contribution in [1.29, 1.82) is 0 Å². The van der Waals surface area contributed by atoms with E-state index in [2.05, 4.69) is 35.8 Å². The van der Waals surface area contributed by atoms with Crippen molar-refractivity contribution in [2.45, 2.75) is 45.1 Å². The van der Waals surface area contributed by atoms with E-state index < -0.39 is 0 Å². The fourth-order valence-corrected chi connectivity index (χ4v) is 3.42. The van der Waals surface area contributed by atoms with Gasteiger partial charge in [-0.15, -0.1) is 0 Å². The highest BCUT2D eigenvalue weighted by atomic mass is 16.5. The first-order chi connectivity index (χ1) is 12.2. The molecule has 25 heavy (non-hydrogen) atoms. The van der Waals surface area contributed by atoms with Crippen LogP contribution in [0.15, 0.2) is 42.5 Å². The number of carbonyl (C=O) groups excluding carboxylic acids is 1. The monoisotopic (exact) mass is 338 g/mol. The first-order valence-corrected chi connectivity index (χ1v) is 9.03. The van der Waals surface area contributed by atoms with Gasteiger partial charge in [0.25, 0.3) is 0 Å². The molecule has 0 heterocycles. The zero-order valence-electron chi connectivity index (χ0n) is 15.0. The molecule has 4 heteroatoms. The molecule has 0 saturated heterocycles. The van der Waals surface area contributed by atoms with E-state index in [1.165, 1.54) is 36.0 Å². The van der Waals surface area contributed by atoms with Gasteiger partial charge in [0.2, 0.25) is 0 Å². The van der Waals surface area contributed by atoms with Crippen molar-refractivity contribution < 1.29 is 9.53 Å². The number of anilines is 1. The van der Waals surface area contributed by atoms with Crippen LogP contribution in [0.1, 0.15) is 48.9 Å². The molecule has 0 spiro atoms. The number of nitrogens with one attached hydrogen (secondary N) is 2. The maximum absolute atomic E-state index is 12.4. The number of benzene rings is 2. The molecule has 132 valence electrons. The maximum Gasteiger partial charge on any atom is 0.319 e. The number of ether oxygens (including phenoxy) is 1. The van der Waals surface area contributed by atoms with Gasteiger partial charge in [0.05, 0.1) is 13.2 Å². The van der Waals surface area contributed by atoms with Gasteiger partial charge in [0.1, 0.15) is 5.75 Å². The Bertz CT molecular complexity index is 742. The summed E-state index contributed by atoms with van der Waals surface area (Å²) < 4.78 is 5.19. The number of hydrogen-bond donors (Lipinski definition) is 2. The summed E-state index contributed by atoms with van der Waals surface area (Å²) in [4.78, 5) is 12.4. The molecule has 3 rings (SSSR count). The van der Waals surface area contributed by atoms with Gasteiger partial charge in [-0.2, -0.15) is 0 Å². The lowest BCUT2D eigenvalue weighted by atomic mass is 9.89. The minimum Gasteiger partial charge on any atom is -0.497 e. The summed E-state index contributed by atoms with van der Waals surface area (Å²) in [6.07, 6.45) is 5.72. The van der Waals surface area contributed by atoms with Crippen molar-refractivity contribution >= 4 is 11.7 Å². The van der Waals surface area contributed by atoms with E-state index >= 15 is 0 Å². The summed E-state index contributed by atoms with van der Waals surface area (Å²) in [6.45, 7) is 2.09. The predicted molar refractivity (Wildman–Crippen MR) is 101 cm³/mol. The van der Waals surface area contributed by atoms with Crippen LogP contribution in [-0.4, -0.2) is 13.1 Å². The third-order valence-corrected chi connectivity index (χ3v) is 4.82. The Morgan fingerprint density at radius 1 is 1.12 bits per heavy atom. The number of methoxy groups -OCH3 is 1. The topological polar surface area (TPSA) is 50.4 Å². The van der Waals surface area contributed by atoms with Crippen molar-refractivity contribution in [3.05, 3.63) is 59.2 Å². The normalized spacial score (nSPS) is 14.3. The van der Waals surface area contributed by atoms with E-state index in [1.54, 1.807) is 13.2 Å². The predicted octanol–water partition coefficient (Wildman–Crippen LogP) is 4.85. The van der Waals surface area contributed by atoms with Gasteiger partial charge in [-0.3, -0.25) is 0 Å². The van der Waals surface area contributed by atoms with Crippen LogP contribution >= 0.6 is 0 Å². The molecule has 2 aromatic carbocycles. The summed E-state index contributed by atoms with van der Waals surface area (Å²) in [5.74, 6) is 0.722. The number of rotatable bonds is 5. The number of aryl methyl sites for hydroxylation is 2. The van der Waals surface area contributed by atoms with Crippen LogP contribution in [0.25, 0.3) is 0 Å². The molecule has 1 aliphatic rings. The van der Waals surface area contributed by atoms with Crippen molar-refractivity contribution in [1.82, 2.24) is 5.32 Å². The third-order valence-electron chi connectivity index (χ3n) is 4.82.